The van der Waals surface area contributed by atoms with Crippen molar-refractivity contribution in [3.8, 4) is 0 Å². The Labute approximate surface area is 115 Å². The molecule has 102 valence electrons. The Kier molecular flexibility index (Phi) is 7.40. The normalized spacial score (nSPS) is 12.9. The summed E-state index contributed by atoms with van der Waals surface area (Å²) in [5.41, 5.74) is 1.33. The number of hydrogen-bond acceptors (Lipinski definition) is 3. The second kappa shape index (κ2) is 8.57. The molecule has 0 bridgehead atoms. The lowest BCUT2D eigenvalue weighted by Gasteiger charge is -2.10. The molecule has 0 heterocycles. The molecule has 2 N–H and O–H groups in total. The van der Waals surface area contributed by atoms with Crippen LogP contribution in [0.3, 0.4) is 0 Å². The molecule has 0 fully saturated rings. The third-order valence-electron chi connectivity index (χ3n) is 2.63. The second-order valence-electron chi connectivity index (χ2n) is 5.27. The van der Waals surface area contributed by atoms with E-state index in [-0.39, 0.29) is 6.61 Å². The molecule has 1 rings (SSSR count). The molecule has 0 aliphatic rings. The zero-order valence-corrected chi connectivity index (χ0v) is 12.5. The van der Waals surface area contributed by atoms with Crippen LogP contribution < -0.4 is 5.32 Å². The maximum absolute atomic E-state index is 9.01. The molecule has 3 heteroatoms. The van der Waals surface area contributed by atoms with Crippen LogP contribution in [0.4, 0.5) is 0 Å². The number of benzene rings is 1. The first-order chi connectivity index (χ1) is 8.61. The first-order valence-electron chi connectivity index (χ1n) is 6.65. The second-order valence-corrected chi connectivity index (χ2v) is 6.36. The lowest BCUT2D eigenvalue weighted by Crippen LogP contribution is -2.18. The fourth-order valence-corrected chi connectivity index (χ4v) is 2.53. The molecule has 1 aromatic rings. The Morgan fingerprint density at radius 3 is 2.72 bits per heavy atom. The molecule has 0 spiro atoms. The van der Waals surface area contributed by atoms with Crippen molar-refractivity contribution in [2.75, 3.05) is 18.9 Å². The van der Waals surface area contributed by atoms with Gasteiger partial charge in [0.25, 0.3) is 0 Å². The van der Waals surface area contributed by atoms with Crippen molar-refractivity contribution < 1.29 is 5.11 Å². The van der Waals surface area contributed by atoms with E-state index in [0.717, 1.165) is 18.8 Å². The number of aliphatic hydroxyl groups is 1. The van der Waals surface area contributed by atoms with Crippen LogP contribution in [0.2, 0.25) is 0 Å². The molecule has 0 amide bonds. The van der Waals surface area contributed by atoms with Gasteiger partial charge in [-0.05, 0) is 36.1 Å². The molecular formula is C15H25NOS. The zero-order chi connectivity index (χ0) is 13.4. The van der Waals surface area contributed by atoms with Gasteiger partial charge in [0.05, 0.1) is 0 Å². The predicted octanol–water partition coefficient (Wildman–Crippen LogP) is 3.15. The van der Waals surface area contributed by atoms with E-state index in [4.69, 9.17) is 5.11 Å². The van der Waals surface area contributed by atoms with Gasteiger partial charge in [-0.1, -0.05) is 32.9 Å². The Balaban J connectivity index is 2.41. The Hall–Kier alpha value is -0.510. The average molecular weight is 267 g/mol. The van der Waals surface area contributed by atoms with Gasteiger partial charge in [-0.25, -0.2) is 0 Å². The average Bonchev–Trinajstić information content (AvgIpc) is 2.36. The van der Waals surface area contributed by atoms with Gasteiger partial charge in [0.15, 0.2) is 0 Å². The topological polar surface area (TPSA) is 32.3 Å². The fraction of sp³-hybridized carbons (Fsp3) is 0.600. The zero-order valence-electron chi connectivity index (χ0n) is 11.6. The summed E-state index contributed by atoms with van der Waals surface area (Å²) in [6, 6.07) is 8.65. The molecule has 0 saturated heterocycles. The van der Waals surface area contributed by atoms with Crippen LogP contribution in [-0.2, 0) is 6.54 Å². The first kappa shape index (κ1) is 15.5. The summed E-state index contributed by atoms with van der Waals surface area (Å²) < 4.78 is 0. The van der Waals surface area contributed by atoms with Crippen LogP contribution in [0.1, 0.15) is 26.3 Å². The van der Waals surface area contributed by atoms with Gasteiger partial charge < -0.3 is 10.4 Å². The van der Waals surface area contributed by atoms with Gasteiger partial charge in [-0.2, -0.15) is 0 Å². The van der Waals surface area contributed by atoms with E-state index in [1.54, 1.807) is 0 Å². The van der Waals surface area contributed by atoms with Gasteiger partial charge >= 0.3 is 0 Å². The van der Waals surface area contributed by atoms with Gasteiger partial charge in [0.1, 0.15) is 0 Å². The van der Waals surface area contributed by atoms with Crippen LogP contribution in [-0.4, -0.2) is 24.0 Å². The number of nitrogens with one attached hydrogen (secondary N) is 1. The Bertz CT molecular complexity index is 341. The third kappa shape index (κ3) is 6.43. The number of hydrogen-bond donors (Lipinski definition) is 2. The van der Waals surface area contributed by atoms with E-state index in [2.05, 4.69) is 50.4 Å². The third-order valence-corrected chi connectivity index (χ3v) is 3.95. The van der Waals surface area contributed by atoms with Gasteiger partial charge in [-0.3, -0.25) is 0 Å². The monoisotopic (exact) mass is 267 g/mol. The minimum absolute atomic E-state index is 0.267. The quantitative estimate of drug-likeness (QED) is 0.710. The van der Waals surface area contributed by atoms with E-state index < -0.39 is 0 Å². The van der Waals surface area contributed by atoms with E-state index >= 15 is 0 Å². The van der Waals surface area contributed by atoms with E-state index in [1.165, 1.54) is 10.5 Å². The highest BCUT2D eigenvalue weighted by molar-refractivity contribution is 7.99. The van der Waals surface area contributed by atoms with Crippen LogP contribution in [0, 0.1) is 11.8 Å². The van der Waals surface area contributed by atoms with Gasteiger partial charge in [0, 0.05) is 23.8 Å². The SMILES string of the molecule is CC(C)CNCc1cccc(SCC(C)CO)c1. The molecule has 0 radical (unpaired) electrons. The summed E-state index contributed by atoms with van der Waals surface area (Å²) in [5.74, 6) is 2.02. The summed E-state index contributed by atoms with van der Waals surface area (Å²) in [6.07, 6.45) is 0. The predicted molar refractivity (Wildman–Crippen MR) is 80.0 cm³/mol. The maximum atomic E-state index is 9.01. The minimum atomic E-state index is 0.267. The fourth-order valence-electron chi connectivity index (χ4n) is 1.54. The molecule has 2 nitrogen and oxygen atoms in total. The van der Waals surface area contributed by atoms with Crippen molar-refractivity contribution in [1.82, 2.24) is 5.32 Å². The maximum Gasteiger partial charge on any atom is 0.0464 e. The smallest absolute Gasteiger partial charge is 0.0464 e. The lowest BCUT2D eigenvalue weighted by molar-refractivity contribution is 0.250. The van der Waals surface area contributed by atoms with Crippen LogP contribution >= 0.6 is 11.8 Å². The summed E-state index contributed by atoms with van der Waals surface area (Å²) in [5, 5.41) is 12.5. The van der Waals surface area contributed by atoms with Crippen molar-refractivity contribution in [3.05, 3.63) is 29.8 Å². The molecular weight excluding hydrogens is 242 g/mol. The molecule has 1 atom stereocenters. The molecule has 18 heavy (non-hydrogen) atoms. The molecule has 0 saturated carbocycles. The van der Waals surface area contributed by atoms with Crippen molar-refractivity contribution in [3.63, 3.8) is 0 Å². The highest BCUT2D eigenvalue weighted by Crippen LogP contribution is 2.21. The van der Waals surface area contributed by atoms with Gasteiger partial charge in [0.2, 0.25) is 0 Å². The first-order valence-corrected chi connectivity index (χ1v) is 7.63. The van der Waals surface area contributed by atoms with Crippen molar-refractivity contribution in [2.24, 2.45) is 11.8 Å². The van der Waals surface area contributed by atoms with Crippen molar-refractivity contribution in [2.45, 2.75) is 32.2 Å². The lowest BCUT2D eigenvalue weighted by atomic mass is 10.2. The largest absolute Gasteiger partial charge is 0.396 e. The van der Waals surface area contributed by atoms with Crippen molar-refractivity contribution >= 4 is 11.8 Å². The summed E-state index contributed by atoms with van der Waals surface area (Å²) in [6.45, 7) is 8.76. The van der Waals surface area contributed by atoms with Crippen molar-refractivity contribution in [1.29, 1.82) is 0 Å². The summed E-state index contributed by atoms with van der Waals surface area (Å²) in [7, 11) is 0. The number of thioether (sulfide) groups is 1. The highest BCUT2D eigenvalue weighted by atomic mass is 32.2. The number of aliphatic hydroxyl groups excluding tert-OH is 1. The Morgan fingerprint density at radius 1 is 1.28 bits per heavy atom. The van der Waals surface area contributed by atoms with E-state index in [1.807, 2.05) is 11.8 Å². The molecule has 1 unspecified atom stereocenters. The molecule has 0 aliphatic carbocycles. The summed E-state index contributed by atoms with van der Waals surface area (Å²) in [4.78, 5) is 1.29. The van der Waals surface area contributed by atoms with E-state index in [0.29, 0.717) is 11.8 Å². The van der Waals surface area contributed by atoms with Gasteiger partial charge in [-0.15, -0.1) is 11.8 Å². The molecule has 1 aromatic carbocycles. The van der Waals surface area contributed by atoms with Crippen LogP contribution in [0.15, 0.2) is 29.2 Å². The number of rotatable bonds is 8. The van der Waals surface area contributed by atoms with E-state index in [9.17, 15) is 0 Å². The highest BCUT2D eigenvalue weighted by Gasteiger charge is 2.02. The van der Waals surface area contributed by atoms with Crippen LogP contribution in [0.5, 0.6) is 0 Å². The van der Waals surface area contributed by atoms with Crippen LogP contribution in [0.25, 0.3) is 0 Å². The molecule has 0 aromatic heterocycles. The minimum Gasteiger partial charge on any atom is -0.396 e. The summed E-state index contributed by atoms with van der Waals surface area (Å²) >= 11 is 1.82. The standard InChI is InChI=1S/C15H25NOS/c1-12(2)8-16-9-14-5-4-6-15(7-14)18-11-13(3)10-17/h4-7,12-13,16-17H,8-11H2,1-3H3. The molecule has 0 aliphatic heterocycles. The Morgan fingerprint density at radius 2 is 2.06 bits per heavy atom.